The molecule has 3 heteroatoms. The number of amides is 1. The van der Waals surface area contributed by atoms with Gasteiger partial charge in [0.05, 0.1) is 5.92 Å². The molecular weight excluding hydrogens is 248 g/mol. The van der Waals surface area contributed by atoms with Gasteiger partial charge in [0, 0.05) is 18.6 Å². The zero-order chi connectivity index (χ0) is 13.9. The topological polar surface area (TPSA) is 46.3 Å². The van der Waals surface area contributed by atoms with Crippen LogP contribution in [-0.2, 0) is 4.79 Å². The van der Waals surface area contributed by atoms with Gasteiger partial charge in [0.15, 0.2) is 0 Å². The summed E-state index contributed by atoms with van der Waals surface area (Å²) in [6.45, 7) is 1.02. The highest BCUT2D eigenvalue weighted by atomic mass is 16.2. The number of rotatable bonds is 4. The van der Waals surface area contributed by atoms with E-state index in [1.54, 1.807) is 0 Å². The molecule has 1 amide bonds. The Kier molecular flexibility index (Phi) is 4.65. The normalized spacial score (nSPS) is 32.0. The summed E-state index contributed by atoms with van der Waals surface area (Å²) in [4.78, 5) is 15.2. The Hall–Kier alpha value is -0.570. The number of nitrogens with zero attached hydrogens (tertiary/aromatic N) is 1. The molecule has 20 heavy (non-hydrogen) atoms. The van der Waals surface area contributed by atoms with Crippen molar-refractivity contribution in [3.05, 3.63) is 0 Å². The first-order chi connectivity index (χ1) is 9.75. The molecule has 0 radical (unpaired) electrons. The maximum Gasteiger partial charge on any atom is 0.227 e. The second-order valence-electron chi connectivity index (χ2n) is 7.28. The van der Waals surface area contributed by atoms with Crippen molar-refractivity contribution >= 4 is 5.91 Å². The lowest BCUT2D eigenvalue weighted by atomic mass is 9.83. The van der Waals surface area contributed by atoms with Crippen molar-refractivity contribution in [2.75, 3.05) is 6.54 Å². The van der Waals surface area contributed by atoms with Crippen molar-refractivity contribution in [1.29, 1.82) is 0 Å². The molecule has 0 aromatic heterocycles. The van der Waals surface area contributed by atoms with Gasteiger partial charge in [0.25, 0.3) is 0 Å². The molecule has 0 bridgehead atoms. The third-order valence-electron chi connectivity index (χ3n) is 5.59. The number of nitrogens with two attached hydrogens (primary N) is 1. The summed E-state index contributed by atoms with van der Waals surface area (Å²) >= 11 is 0. The minimum atomic E-state index is 0.115. The zero-order valence-electron chi connectivity index (χ0n) is 12.7. The second-order valence-corrected chi connectivity index (χ2v) is 7.28. The van der Waals surface area contributed by atoms with Gasteiger partial charge in [-0.1, -0.05) is 32.1 Å². The molecular formula is C17H30N2O. The molecule has 0 aromatic rings. The first kappa shape index (κ1) is 14.4. The highest BCUT2D eigenvalue weighted by Gasteiger charge is 2.39. The number of hydrogen-bond donors (Lipinski definition) is 1. The highest BCUT2D eigenvalue weighted by molar-refractivity contribution is 5.80. The summed E-state index contributed by atoms with van der Waals surface area (Å²) in [6.07, 6.45) is 13.7. The van der Waals surface area contributed by atoms with Crippen LogP contribution in [0.5, 0.6) is 0 Å². The summed E-state index contributed by atoms with van der Waals surface area (Å²) in [7, 11) is 0. The van der Waals surface area contributed by atoms with Gasteiger partial charge in [-0.3, -0.25) is 4.79 Å². The Bertz CT molecular complexity index is 334. The molecule has 2 unspecified atom stereocenters. The molecule has 0 aromatic carbocycles. The molecule has 0 heterocycles. The Labute approximate surface area is 123 Å². The van der Waals surface area contributed by atoms with Crippen molar-refractivity contribution in [3.63, 3.8) is 0 Å². The molecule has 2 N–H and O–H groups in total. The van der Waals surface area contributed by atoms with Crippen molar-refractivity contribution in [2.45, 2.75) is 82.7 Å². The van der Waals surface area contributed by atoms with Crippen LogP contribution in [0.15, 0.2) is 0 Å². The van der Waals surface area contributed by atoms with Gasteiger partial charge in [-0.15, -0.1) is 0 Å². The number of carbonyl (C=O) groups is 1. The van der Waals surface area contributed by atoms with E-state index in [0.29, 0.717) is 11.9 Å². The molecule has 3 aliphatic rings. The molecule has 3 nitrogen and oxygen atoms in total. The third kappa shape index (κ3) is 3.36. The van der Waals surface area contributed by atoms with E-state index in [2.05, 4.69) is 4.90 Å². The minimum Gasteiger partial charge on any atom is -0.339 e. The van der Waals surface area contributed by atoms with Crippen molar-refractivity contribution in [3.8, 4) is 0 Å². The lowest BCUT2D eigenvalue weighted by Crippen LogP contribution is -2.48. The van der Waals surface area contributed by atoms with Gasteiger partial charge in [-0.25, -0.2) is 0 Å². The summed E-state index contributed by atoms with van der Waals surface area (Å²) in [5.41, 5.74) is 6.22. The predicted molar refractivity (Wildman–Crippen MR) is 81.2 cm³/mol. The SMILES string of the molecule is NC1CCCCC1C(=O)N(CC1CCCCC1)C1CC1. The van der Waals surface area contributed by atoms with Crippen LogP contribution < -0.4 is 5.73 Å². The lowest BCUT2D eigenvalue weighted by Gasteiger charge is -2.35. The lowest BCUT2D eigenvalue weighted by molar-refractivity contribution is -0.138. The van der Waals surface area contributed by atoms with Crippen LogP contribution in [0.3, 0.4) is 0 Å². The molecule has 2 atom stereocenters. The zero-order valence-corrected chi connectivity index (χ0v) is 12.7. The molecule has 0 aliphatic heterocycles. The summed E-state index contributed by atoms with van der Waals surface area (Å²) < 4.78 is 0. The summed E-state index contributed by atoms with van der Waals surface area (Å²) in [5.74, 6) is 1.27. The fraction of sp³-hybridized carbons (Fsp3) is 0.941. The van der Waals surface area contributed by atoms with Crippen molar-refractivity contribution in [2.24, 2.45) is 17.6 Å². The molecule has 3 fully saturated rings. The van der Waals surface area contributed by atoms with E-state index in [-0.39, 0.29) is 12.0 Å². The smallest absolute Gasteiger partial charge is 0.227 e. The van der Waals surface area contributed by atoms with Crippen LogP contribution in [0, 0.1) is 11.8 Å². The standard InChI is InChI=1S/C17H30N2O/c18-16-9-5-4-8-15(16)17(20)19(14-10-11-14)12-13-6-2-1-3-7-13/h13-16H,1-12,18H2. The van der Waals surface area contributed by atoms with Crippen LogP contribution in [0.25, 0.3) is 0 Å². The molecule has 3 aliphatic carbocycles. The maximum atomic E-state index is 12.9. The fourth-order valence-corrected chi connectivity index (χ4v) is 4.13. The Morgan fingerprint density at radius 2 is 1.55 bits per heavy atom. The van der Waals surface area contributed by atoms with Gasteiger partial charge in [-0.05, 0) is 44.4 Å². The molecule has 0 saturated heterocycles. The van der Waals surface area contributed by atoms with Gasteiger partial charge in [0.2, 0.25) is 5.91 Å². The summed E-state index contributed by atoms with van der Waals surface area (Å²) in [6, 6.07) is 0.669. The van der Waals surface area contributed by atoms with E-state index in [9.17, 15) is 4.79 Å². The number of hydrogen-bond acceptors (Lipinski definition) is 2. The van der Waals surface area contributed by atoms with Gasteiger partial charge >= 0.3 is 0 Å². The van der Waals surface area contributed by atoms with Crippen molar-refractivity contribution in [1.82, 2.24) is 4.90 Å². The van der Waals surface area contributed by atoms with Gasteiger partial charge < -0.3 is 10.6 Å². The van der Waals surface area contributed by atoms with E-state index in [4.69, 9.17) is 5.73 Å². The quantitative estimate of drug-likeness (QED) is 0.859. The van der Waals surface area contributed by atoms with E-state index < -0.39 is 0 Å². The van der Waals surface area contributed by atoms with E-state index >= 15 is 0 Å². The molecule has 3 rings (SSSR count). The Balaban J connectivity index is 1.61. The molecule has 114 valence electrons. The van der Waals surface area contributed by atoms with Crippen molar-refractivity contribution < 1.29 is 4.79 Å². The fourth-order valence-electron chi connectivity index (χ4n) is 4.13. The van der Waals surface area contributed by atoms with E-state index in [0.717, 1.165) is 25.3 Å². The first-order valence-corrected chi connectivity index (χ1v) is 8.82. The predicted octanol–water partition coefficient (Wildman–Crippen LogP) is 3.08. The molecule has 3 saturated carbocycles. The van der Waals surface area contributed by atoms with Gasteiger partial charge in [0.1, 0.15) is 0 Å². The minimum absolute atomic E-state index is 0.115. The number of carbonyl (C=O) groups excluding carboxylic acids is 1. The average Bonchev–Trinajstić information content (AvgIpc) is 3.30. The summed E-state index contributed by atoms with van der Waals surface area (Å²) in [5, 5.41) is 0. The van der Waals surface area contributed by atoms with Gasteiger partial charge in [-0.2, -0.15) is 0 Å². The van der Waals surface area contributed by atoms with E-state index in [1.807, 2.05) is 0 Å². The molecule has 0 spiro atoms. The van der Waals surface area contributed by atoms with Crippen LogP contribution in [0.4, 0.5) is 0 Å². The first-order valence-electron chi connectivity index (χ1n) is 8.82. The van der Waals surface area contributed by atoms with Crippen LogP contribution in [0.2, 0.25) is 0 Å². The Morgan fingerprint density at radius 1 is 0.900 bits per heavy atom. The second kappa shape index (κ2) is 6.46. The Morgan fingerprint density at radius 3 is 2.20 bits per heavy atom. The van der Waals surface area contributed by atoms with E-state index in [1.165, 1.54) is 57.8 Å². The third-order valence-corrected chi connectivity index (χ3v) is 5.59. The highest BCUT2D eigenvalue weighted by Crippen LogP contribution is 2.34. The maximum absolute atomic E-state index is 12.9. The monoisotopic (exact) mass is 278 g/mol. The van der Waals surface area contributed by atoms with Crippen LogP contribution >= 0.6 is 0 Å². The average molecular weight is 278 g/mol. The largest absolute Gasteiger partial charge is 0.339 e. The van der Waals surface area contributed by atoms with Crippen LogP contribution in [-0.4, -0.2) is 29.4 Å². The van der Waals surface area contributed by atoms with Crippen LogP contribution in [0.1, 0.15) is 70.6 Å².